The average molecular weight is 251 g/mol. The van der Waals surface area contributed by atoms with Crippen molar-refractivity contribution >= 4 is 15.9 Å². The fourth-order valence-electron chi connectivity index (χ4n) is 1.61. The zero-order chi connectivity index (χ0) is 10.0. The number of allylic oxidation sites excluding steroid dienone is 2. The summed E-state index contributed by atoms with van der Waals surface area (Å²) in [6.07, 6.45) is 6.26. The Morgan fingerprint density at radius 2 is 1.93 bits per heavy atom. The molecule has 0 bridgehead atoms. The van der Waals surface area contributed by atoms with Gasteiger partial charge in [0.05, 0.1) is 0 Å². The lowest BCUT2D eigenvalue weighted by Gasteiger charge is -2.27. The number of aliphatic hydroxyl groups is 1. The van der Waals surface area contributed by atoms with Gasteiger partial charge in [-0.2, -0.15) is 0 Å². The molecule has 2 rings (SSSR count). The van der Waals surface area contributed by atoms with Crippen LogP contribution in [0.3, 0.4) is 0 Å². The summed E-state index contributed by atoms with van der Waals surface area (Å²) in [6, 6.07) is 9.71. The minimum absolute atomic E-state index is 0.605. The summed E-state index contributed by atoms with van der Waals surface area (Å²) >= 11 is 3.41. The molecule has 0 aliphatic heterocycles. The van der Waals surface area contributed by atoms with Gasteiger partial charge in [-0.3, -0.25) is 0 Å². The first-order chi connectivity index (χ1) is 6.71. The summed E-state index contributed by atoms with van der Waals surface area (Å²) in [5.74, 6) is 0. The molecule has 1 nitrogen and oxygen atoms in total. The molecule has 1 N–H and O–H groups in total. The van der Waals surface area contributed by atoms with E-state index >= 15 is 0 Å². The van der Waals surface area contributed by atoms with Crippen molar-refractivity contribution in [3.8, 4) is 0 Å². The first-order valence-electron chi connectivity index (χ1n) is 4.52. The molecule has 0 amide bonds. The van der Waals surface area contributed by atoms with Crippen LogP contribution in [0.2, 0.25) is 0 Å². The Labute approximate surface area is 91.9 Å². The van der Waals surface area contributed by atoms with Crippen LogP contribution in [-0.4, -0.2) is 5.11 Å². The Hall–Kier alpha value is -0.860. The molecule has 1 unspecified atom stereocenters. The zero-order valence-corrected chi connectivity index (χ0v) is 9.24. The zero-order valence-electron chi connectivity index (χ0n) is 7.65. The van der Waals surface area contributed by atoms with Crippen molar-refractivity contribution in [3.63, 3.8) is 0 Å². The Bertz CT molecular complexity index is 381. The lowest BCUT2D eigenvalue weighted by molar-refractivity contribution is 0.0908. The molecule has 0 saturated carbocycles. The second-order valence-corrected chi connectivity index (χ2v) is 4.46. The molecule has 14 heavy (non-hydrogen) atoms. The van der Waals surface area contributed by atoms with Gasteiger partial charge in [0, 0.05) is 6.42 Å². The largest absolute Gasteiger partial charge is 0.381 e. The number of hydrogen-bond acceptors (Lipinski definition) is 1. The van der Waals surface area contributed by atoms with Crippen LogP contribution in [0.1, 0.15) is 12.0 Å². The van der Waals surface area contributed by atoms with Crippen molar-refractivity contribution in [3.05, 3.63) is 58.6 Å². The Morgan fingerprint density at radius 1 is 1.21 bits per heavy atom. The van der Waals surface area contributed by atoms with Gasteiger partial charge in [-0.05, 0) is 16.1 Å². The molecular weight excluding hydrogens is 240 g/mol. The Kier molecular flexibility index (Phi) is 2.57. The second-order valence-electron chi connectivity index (χ2n) is 3.44. The molecule has 1 aromatic rings. The third-order valence-electron chi connectivity index (χ3n) is 2.36. The highest BCUT2D eigenvalue weighted by Gasteiger charge is 2.28. The van der Waals surface area contributed by atoms with Crippen LogP contribution in [0.5, 0.6) is 0 Å². The number of halogens is 1. The molecule has 0 radical (unpaired) electrons. The van der Waals surface area contributed by atoms with Crippen LogP contribution < -0.4 is 0 Å². The minimum atomic E-state index is -0.852. The van der Waals surface area contributed by atoms with E-state index in [-0.39, 0.29) is 0 Å². The van der Waals surface area contributed by atoms with Crippen LogP contribution in [0.25, 0.3) is 0 Å². The van der Waals surface area contributed by atoms with Gasteiger partial charge in [-0.1, -0.05) is 58.4 Å². The van der Waals surface area contributed by atoms with Crippen LogP contribution in [0.15, 0.2) is 53.0 Å². The van der Waals surface area contributed by atoms with E-state index in [9.17, 15) is 5.11 Å². The molecule has 1 aliphatic rings. The summed E-state index contributed by atoms with van der Waals surface area (Å²) < 4.78 is 1.02. The highest BCUT2D eigenvalue weighted by atomic mass is 79.9. The number of rotatable bonds is 1. The van der Waals surface area contributed by atoms with E-state index in [0.717, 1.165) is 10.0 Å². The van der Waals surface area contributed by atoms with E-state index in [0.29, 0.717) is 6.42 Å². The first kappa shape index (κ1) is 9.69. The quantitative estimate of drug-likeness (QED) is 0.813. The van der Waals surface area contributed by atoms with Crippen LogP contribution >= 0.6 is 15.9 Å². The third-order valence-corrected chi connectivity index (χ3v) is 2.91. The minimum Gasteiger partial charge on any atom is -0.381 e. The second kappa shape index (κ2) is 3.71. The molecule has 1 aromatic carbocycles. The van der Waals surface area contributed by atoms with Crippen LogP contribution in [0.4, 0.5) is 0 Å². The lowest BCUT2D eigenvalue weighted by atomic mass is 9.88. The van der Waals surface area contributed by atoms with E-state index in [1.165, 1.54) is 0 Å². The molecular formula is C12H11BrO. The summed E-state index contributed by atoms with van der Waals surface area (Å²) in [5.41, 5.74) is 0.0794. The van der Waals surface area contributed by atoms with Gasteiger partial charge < -0.3 is 5.11 Å². The smallest absolute Gasteiger partial charge is 0.113 e. The van der Waals surface area contributed by atoms with E-state index in [1.807, 2.05) is 48.6 Å². The summed E-state index contributed by atoms with van der Waals surface area (Å²) in [4.78, 5) is 0. The third kappa shape index (κ3) is 1.81. The molecule has 0 heterocycles. The molecule has 0 spiro atoms. The Balaban J connectivity index is 2.35. The molecule has 0 saturated heterocycles. The highest BCUT2D eigenvalue weighted by Crippen LogP contribution is 2.34. The fourth-order valence-corrected chi connectivity index (χ4v) is 2.19. The van der Waals surface area contributed by atoms with Gasteiger partial charge in [0.25, 0.3) is 0 Å². The molecule has 1 atom stereocenters. The van der Waals surface area contributed by atoms with Crippen molar-refractivity contribution in [1.82, 2.24) is 0 Å². The SMILES string of the molecule is OC1(c2ccccc2)C=CC=C(Br)C1. The van der Waals surface area contributed by atoms with Gasteiger partial charge in [-0.15, -0.1) is 0 Å². The summed E-state index contributed by atoms with van der Waals surface area (Å²) in [7, 11) is 0. The topological polar surface area (TPSA) is 20.2 Å². The van der Waals surface area contributed by atoms with Crippen LogP contribution in [0, 0.1) is 0 Å². The van der Waals surface area contributed by atoms with Crippen molar-refractivity contribution in [2.75, 3.05) is 0 Å². The fraction of sp³-hybridized carbons (Fsp3) is 0.167. The standard InChI is InChI=1S/C12H11BrO/c13-11-7-4-8-12(14,9-11)10-5-2-1-3-6-10/h1-8,14H,9H2. The van der Waals surface area contributed by atoms with Gasteiger partial charge in [0.1, 0.15) is 5.60 Å². The lowest BCUT2D eigenvalue weighted by Crippen LogP contribution is -2.24. The number of benzene rings is 1. The molecule has 1 aliphatic carbocycles. The average Bonchev–Trinajstić information content (AvgIpc) is 2.19. The Morgan fingerprint density at radius 3 is 2.57 bits per heavy atom. The van der Waals surface area contributed by atoms with E-state index < -0.39 is 5.60 Å². The van der Waals surface area contributed by atoms with E-state index in [1.54, 1.807) is 0 Å². The van der Waals surface area contributed by atoms with Crippen molar-refractivity contribution in [2.45, 2.75) is 12.0 Å². The summed E-state index contributed by atoms with van der Waals surface area (Å²) in [6.45, 7) is 0. The first-order valence-corrected chi connectivity index (χ1v) is 5.32. The van der Waals surface area contributed by atoms with Crippen molar-refractivity contribution < 1.29 is 5.11 Å². The highest BCUT2D eigenvalue weighted by molar-refractivity contribution is 9.11. The predicted octanol–water partition coefficient (Wildman–Crippen LogP) is 3.11. The van der Waals surface area contributed by atoms with E-state index in [4.69, 9.17) is 0 Å². The van der Waals surface area contributed by atoms with Gasteiger partial charge in [0.15, 0.2) is 0 Å². The molecule has 72 valence electrons. The van der Waals surface area contributed by atoms with E-state index in [2.05, 4.69) is 15.9 Å². The monoisotopic (exact) mass is 250 g/mol. The maximum Gasteiger partial charge on any atom is 0.113 e. The number of hydrogen-bond donors (Lipinski definition) is 1. The molecule has 0 aromatic heterocycles. The maximum atomic E-state index is 10.4. The van der Waals surface area contributed by atoms with Gasteiger partial charge in [-0.25, -0.2) is 0 Å². The summed E-state index contributed by atoms with van der Waals surface area (Å²) in [5, 5.41) is 10.4. The van der Waals surface area contributed by atoms with Crippen molar-refractivity contribution in [1.29, 1.82) is 0 Å². The molecule has 2 heteroatoms. The van der Waals surface area contributed by atoms with Crippen molar-refractivity contribution in [2.24, 2.45) is 0 Å². The maximum absolute atomic E-state index is 10.4. The molecule has 0 fully saturated rings. The van der Waals surface area contributed by atoms with Gasteiger partial charge in [0.2, 0.25) is 0 Å². The van der Waals surface area contributed by atoms with Crippen LogP contribution in [-0.2, 0) is 5.60 Å². The normalized spacial score (nSPS) is 26.0. The predicted molar refractivity (Wildman–Crippen MR) is 61.1 cm³/mol. The van der Waals surface area contributed by atoms with Gasteiger partial charge >= 0.3 is 0 Å².